The van der Waals surface area contributed by atoms with E-state index in [2.05, 4.69) is 16.6 Å². The summed E-state index contributed by atoms with van der Waals surface area (Å²) in [4.78, 5) is 23.6. The number of anilines is 2. The number of sulfonamides is 1. The number of para-hydroxylation sites is 1. The van der Waals surface area contributed by atoms with Gasteiger partial charge in [-0.2, -0.15) is 0 Å². The molecule has 1 fully saturated rings. The second kappa shape index (κ2) is 9.30. The molecule has 0 unspecified atom stereocenters. The van der Waals surface area contributed by atoms with Crippen molar-refractivity contribution in [3.8, 4) is 22.8 Å². The fourth-order valence-corrected chi connectivity index (χ4v) is 5.75. The number of phenols is 1. The summed E-state index contributed by atoms with van der Waals surface area (Å²) in [7, 11) is -2.83. The van der Waals surface area contributed by atoms with Gasteiger partial charge in [-0.25, -0.2) is 23.1 Å². The van der Waals surface area contributed by atoms with E-state index >= 15 is 0 Å². The molecule has 4 rings (SSSR count). The zero-order chi connectivity index (χ0) is 26.3. The lowest BCUT2D eigenvalue weighted by molar-refractivity contribution is 0.0981. The van der Waals surface area contributed by atoms with E-state index in [0.29, 0.717) is 29.5 Å². The van der Waals surface area contributed by atoms with Crippen molar-refractivity contribution in [3.63, 3.8) is 0 Å². The number of nitrogen functional groups attached to an aromatic ring is 1. The topological polar surface area (TPSA) is 148 Å². The molecule has 0 aliphatic carbocycles. The van der Waals surface area contributed by atoms with Crippen molar-refractivity contribution in [1.29, 1.82) is 0 Å². The van der Waals surface area contributed by atoms with Crippen molar-refractivity contribution in [2.24, 2.45) is 5.92 Å². The van der Waals surface area contributed by atoms with E-state index in [-0.39, 0.29) is 33.3 Å². The smallest absolute Gasteiger partial charge is 0.268 e. The Morgan fingerprint density at radius 3 is 2.61 bits per heavy atom. The Bertz CT molecular complexity index is 1420. The van der Waals surface area contributed by atoms with Crippen LogP contribution in [-0.4, -0.2) is 48.6 Å². The summed E-state index contributed by atoms with van der Waals surface area (Å²) in [6, 6.07) is 10.8. The lowest BCUT2D eigenvalue weighted by Gasteiger charge is -2.34. The summed E-state index contributed by atoms with van der Waals surface area (Å²) in [5.41, 5.74) is 6.29. The van der Waals surface area contributed by atoms with E-state index in [0.717, 1.165) is 6.42 Å². The quantitative estimate of drug-likeness (QED) is 0.454. The molecule has 1 atom stereocenters. The van der Waals surface area contributed by atoms with Crippen LogP contribution in [-0.2, 0) is 10.0 Å². The molecule has 3 heterocycles. The SMILES string of the molecule is COc1cccc(-c2ccc(C(=O)NS(=O)(=O)c3cccnc3N)c(N3C[C@@H](C)CC3(C)C)n2)c1O. The van der Waals surface area contributed by atoms with Crippen LogP contribution in [0.4, 0.5) is 11.6 Å². The highest BCUT2D eigenvalue weighted by Crippen LogP contribution is 2.40. The van der Waals surface area contributed by atoms with Crippen LogP contribution >= 0.6 is 0 Å². The molecular formula is C25H29N5O5S. The lowest BCUT2D eigenvalue weighted by atomic mass is 9.97. The fourth-order valence-electron chi connectivity index (χ4n) is 4.70. The molecule has 10 nitrogen and oxygen atoms in total. The molecule has 1 aliphatic heterocycles. The molecule has 1 aliphatic rings. The Balaban J connectivity index is 1.81. The number of hydrogen-bond acceptors (Lipinski definition) is 9. The number of nitrogens with one attached hydrogen (secondary N) is 1. The van der Waals surface area contributed by atoms with Crippen LogP contribution in [0.1, 0.15) is 37.6 Å². The van der Waals surface area contributed by atoms with Gasteiger partial charge in [0, 0.05) is 23.8 Å². The van der Waals surface area contributed by atoms with Gasteiger partial charge in [0.1, 0.15) is 16.5 Å². The molecule has 1 aromatic carbocycles. The zero-order valence-corrected chi connectivity index (χ0v) is 21.3. The monoisotopic (exact) mass is 511 g/mol. The normalized spacial score (nSPS) is 17.1. The van der Waals surface area contributed by atoms with Crippen LogP contribution < -0.4 is 20.1 Å². The number of ether oxygens (including phenoxy) is 1. The molecule has 36 heavy (non-hydrogen) atoms. The second-order valence-electron chi connectivity index (χ2n) is 9.48. The van der Waals surface area contributed by atoms with Crippen LogP contribution in [0.5, 0.6) is 11.5 Å². The van der Waals surface area contributed by atoms with Gasteiger partial charge in [-0.05, 0) is 62.6 Å². The first-order chi connectivity index (χ1) is 16.9. The van der Waals surface area contributed by atoms with Crippen molar-refractivity contribution < 1.29 is 23.1 Å². The van der Waals surface area contributed by atoms with E-state index in [4.69, 9.17) is 15.5 Å². The second-order valence-corrected chi connectivity index (χ2v) is 11.1. The van der Waals surface area contributed by atoms with E-state index in [9.17, 15) is 18.3 Å². The molecule has 0 spiro atoms. The molecule has 1 amide bonds. The number of methoxy groups -OCH3 is 1. The molecule has 0 saturated carbocycles. The predicted octanol–water partition coefficient (Wildman–Crippen LogP) is 3.18. The minimum absolute atomic E-state index is 0.0781. The number of aromatic hydroxyl groups is 1. The number of rotatable bonds is 6. The number of pyridine rings is 2. The number of carbonyl (C=O) groups excluding carboxylic acids is 1. The van der Waals surface area contributed by atoms with E-state index in [1.54, 1.807) is 24.3 Å². The van der Waals surface area contributed by atoms with Gasteiger partial charge in [0.05, 0.1) is 18.4 Å². The Hall–Kier alpha value is -3.86. The number of carbonyl (C=O) groups is 1. The van der Waals surface area contributed by atoms with Crippen LogP contribution in [0.3, 0.4) is 0 Å². The maximum Gasteiger partial charge on any atom is 0.268 e. The molecule has 3 aromatic rings. The number of nitrogens with zero attached hydrogens (tertiary/aromatic N) is 3. The average Bonchev–Trinajstić information content (AvgIpc) is 3.10. The van der Waals surface area contributed by atoms with Crippen molar-refractivity contribution in [2.75, 3.05) is 24.3 Å². The maximum absolute atomic E-state index is 13.3. The fraction of sp³-hybridized carbons (Fsp3) is 0.320. The van der Waals surface area contributed by atoms with Crippen molar-refractivity contribution in [3.05, 3.63) is 54.2 Å². The largest absolute Gasteiger partial charge is 0.504 e. The minimum atomic E-state index is -4.29. The molecular weight excluding hydrogens is 482 g/mol. The molecule has 11 heteroatoms. The highest BCUT2D eigenvalue weighted by molar-refractivity contribution is 7.90. The number of nitrogens with two attached hydrogens (primary N) is 1. The molecule has 0 bridgehead atoms. The van der Waals surface area contributed by atoms with E-state index < -0.39 is 15.9 Å². The number of aromatic nitrogens is 2. The van der Waals surface area contributed by atoms with Gasteiger partial charge in [0.25, 0.3) is 15.9 Å². The summed E-state index contributed by atoms with van der Waals surface area (Å²) in [5.74, 6) is -0.222. The summed E-state index contributed by atoms with van der Waals surface area (Å²) >= 11 is 0. The first kappa shape index (κ1) is 25.2. The maximum atomic E-state index is 13.3. The number of phenolic OH excluding ortho intramolecular Hbond substituents is 1. The van der Waals surface area contributed by atoms with Gasteiger partial charge in [0.15, 0.2) is 11.5 Å². The number of benzene rings is 1. The number of amides is 1. The third-order valence-corrected chi connectivity index (χ3v) is 7.64. The molecule has 1 saturated heterocycles. The van der Waals surface area contributed by atoms with Crippen LogP contribution in [0.15, 0.2) is 53.6 Å². The summed E-state index contributed by atoms with van der Waals surface area (Å²) in [6.07, 6.45) is 2.22. The summed E-state index contributed by atoms with van der Waals surface area (Å²) in [6.45, 7) is 6.82. The van der Waals surface area contributed by atoms with Gasteiger partial charge in [0.2, 0.25) is 0 Å². The van der Waals surface area contributed by atoms with E-state index in [1.807, 2.05) is 18.7 Å². The molecule has 190 valence electrons. The first-order valence-corrected chi connectivity index (χ1v) is 12.9. The summed E-state index contributed by atoms with van der Waals surface area (Å²) < 4.78 is 33.2. The third kappa shape index (κ3) is 4.66. The first-order valence-electron chi connectivity index (χ1n) is 11.4. The van der Waals surface area contributed by atoms with Crippen molar-refractivity contribution in [1.82, 2.24) is 14.7 Å². The molecule has 0 radical (unpaired) electrons. The zero-order valence-electron chi connectivity index (χ0n) is 20.5. The Kier molecular flexibility index (Phi) is 6.52. The van der Waals surface area contributed by atoms with Gasteiger partial charge in [-0.3, -0.25) is 4.79 Å². The highest BCUT2D eigenvalue weighted by Gasteiger charge is 2.39. The van der Waals surface area contributed by atoms with Gasteiger partial charge in [-0.1, -0.05) is 13.0 Å². The lowest BCUT2D eigenvalue weighted by Crippen LogP contribution is -2.41. The van der Waals surface area contributed by atoms with Crippen LogP contribution in [0, 0.1) is 5.92 Å². The van der Waals surface area contributed by atoms with E-state index in [1.165, 1.54) is 31.5 Å². The average molecular weight is 512 g/mol. The van der Waals surface area contributed by atoms with Crippen LogP contribution in [0.25, 0.3) is 11.3 Å². The van der Waals surface area contributed by atoms with Crippen molar-refractivity contribution in [2.45, 2.75) is 37.6 Å². The Morgan fingerprint density at radius 2 is 1.97 bits per heavy atom. The summed E-state index contributed by atoms with van der Waals surface area (Å²) in [5, 5.41) is 10.7. The van der Waals surface area contributed by atoms with Crippen molar-refractivity contribution >= 4 is 27.6 Å². The van der Waals surface area contributed by atoms with Gasteiger partial charge >= 0.3 is 0 Å². The Morgan fingerprint density at radius 1 is 1.22 bits per heavy atom. The predicted molar refractivity (Wildman–Crippen MR) is 136 cm³/mol. The molecule has 4 N–H and O–H groups in total. The van der Waals surface area contributed by atoms with Gasteiger partial charge < -0.3 is 20.5 Å². The number of hydrogen-bond donors (Lipinski definition) is 3. The standard InChI is InChI=1S/C25H29N5O5S/c1-15-13-25(2,3)30(14-15)23-17(24(32)29-36(33,34)20-9-6-12-27-22(20)26)10-11-18(28-23)16-7-5-8-19(35-4)21(16)31/h5-12,15,31H,13-14H2,1-4H3,(H2,26,27)(H,29,32)/t15-/m0/s1. The van der Waals surface area contributed by atoms with Crippen LogP contribution in [0.2, 0.25) is 0 Å². The third-order valence-electron chi connectivity index (χ3n) is 6.26. The Labute approximate surface area is 210 Å². The highest BCUT2D eigenvalue weighted by atomic mass is 32.2. The minimum Gasteiger partial charge on any atom is -0.504 e. The van der Waals surface area contributed by atoms with Gasteiger partial charge in [-0.15, -0.1) is 0 Å². The molecule has 2 aromatic heterocycles.